The molecule has 0 aromatic heterocycles. The number of carbonyl (C=O) groups is 2. The summed E-state index contributed by atoms with van der Waals surface area (Å²) in [7, 11) is -3.94. The van der Waals surface area contributed by atoms with E-state index >= 15 is 0 Å². The molecule has 1 saturated carbocycles. The molecule has 36 heavy (non-hydrogen) atoms. The number of rotatable bonds is 7. The van der Waals surface area contributed by atoms with Gasteiger partial charge in [-0.25, -0.2) is 8.42 Å². The molecule has 3 atom stereocenters. The van der Waals surface area contributed by atoms with Crippen LogP contribution in [0.1, 0.15) is 44.6 Å². The quantitative estimate of drug-likeness (QED) is 0.554. The maximum atomic E-state index is 13.9. The minimum Gasteiger partial charge on any atom is -0.336 e. The van der Waals surface area contributed by atoms with Crippen LogP contribution in [-0.4, -0.2) is 48.5 Å². The normalized spacial score (nSPS) is 21.6. The third kappa shape index (κ3) is 5.10. The van der Waals surface area contributed by atoms with E-state index in [9.17, 15) is 23.3 Å². The number of carbonyl (C=O) groups excluding carboxylic acids is 2. The van der Waals surface area contributed by atoms with Gasteiger partial charge in [0.1, 0.15) is 11.6 Å². The van der Waals surface area contributed by atoms with E-state index in [1.54, 1.807) is 36.4 Å². The Hall–Kier alpha value is -2.60. The van der Waals surface area contributed by atoms with E-state index in [4.69, 9.17) is 23.2 Å². The first-order valence-corrected chi connectivity index (χ1v) is 14.1. The highest BCUT2D eigenvalue weighted by atomic mass is 35.5. The van der Waals surface area contributed by atoms with Gasteiger partial charge in [0.05, 0.1) is 27.2 Å². The van der Waals surface area contributed by atoms with Gasteiger partial charge in [-0.3, -0.25) is 9.59 Å². The SMILES string of the molecule is CC(C)C(C(=O)N1C[C@H](S(=O)(=O)c2ccccc2Cl)C[C@H]1C(=O)NC1(C#N)CC1)c1ccc(Cl)cc1. The summed E-state index contributed by atoms with van der Waals surface area (Å²) in [6, 6.07) is 14.2. The number of nitrogens with zero attached hydrogens (tertiary/aromatic N) is 2. The molecule has 0 radical (unpaired) electrons. The molecule has 1 aliphatic heterocycles. The average Bonchev–Trinajstić information content (AvgIpc) is 3.45. The van der Waals surface area contributed by atoms with E-state index in [0.717, 1.165) is 5.56 Å². The number of halogens is 2. The summed E-state index contributed by atoms with van der Waals surface area (Å²) in [6.07, 6.45) is 0.964. The molecule has 1 N–H and O–H groups in total. The summed E-state index contributed by atoms with van der Waals surface area (Å²) in [4.78, 5) is 28.6. The van der Waals surface area contributed by atoms with Crippen LogP contribution in [0.25, 0.3) is 0 Å². The first-order valence-electron chi connectivity index (χ1n) is 11.8. The summed E-state index contributed by atoms with van der Waals surface area (Å²) in [5, 5.41) is 11.8. The fourth-order valence-corrected chi connectivity index (χ4v) is 7.08. The lowest BCUT2D eigenvalue weighted by atomic mass is 9.87. The van der Waals surface area contributed by atoms with E-state index in [2.05, 4.69) is 11.4 Å². The number of likely N-dealkylation sites (tertiary alicyclic amines) is 1. The van der Waals surface area contributed by atoms with Crippen LogP contribution in [0.2, 0.25) is 10.0 Å². The predicted octanol–water partition coefficient (Wildman–Crippen LogP) is 4.35. The highest BCUT2D eigenvalue weighted by molar-refractivity contribution is 7.92. The van der Waals surface area contributed by atoms with Gasteiger partial charge in [0.25, 0.3) is 0 Å². The van der Waals surface area contributed by atoms with Crippen LogP contribution in [-0.2, 0) is 19.4 Å². The Morgan fingerprint density at radius 3 is 2.31 bits per heavy atom. The zero-order chi connectivity index (χ0) is 26.3. The third-order valence-corrected chi connectivity index (χ3v) is 9.80. The van der Waals surface area contributed by atoms with Crippen molar-refractivity contribution in [1.82, 2.24) is 10.2 Å². The molecule has 2 aliphatic rings. The molecule has 7 nitrogen and oxygen atoms in total. The zero-order valence-corrected chi connectivity index (χ0v) is 22.3. The highest BCUT2D eigenvalue weighted by Crippen LogP contribution is 2.38. The van der Waals surface area contributed by atoms with Crippen molar-refractivity contribution in [3.05, 3.63) is 64.1 Å². The van der Waals surface area contributed by atoms with E-state index in [0.29, 0.717) is 17.9 Å². The lowest BCUT2D eigenvalue weighted by molar-refractivity contribution is -0.140. The lowest BCUT2D eigenvalue weighted by Crippen LogP contribution is -2.50. The van der Waals surface area contributed by atoms with Crippen molar-refractivity contribution in [3.63, 3.8) is 0 Å². The van der Waals surface area contributed by atoms with Crippen molar-refractivity contribution < 1.29 is 18.0 Å². The molecule has 190 valence electrons. The maximum Gasteiger partial charge on any atom is 0.244 e. The molecule has 0 bridgehead atoms. The number of nitrogens with one attached hydrogen (secondary N) is 1. The Morgan fingerprint density at radius 1 is 1.11 bits per heavy atom. The molecule has 4 rings (SSSR count). The van der Waals surface area contributed by atoms with E-state index in [1.165, 1.54) is 17.0 Å². The van der Waals surface area contributed by atoms with Crippen LogP contribution in [0.15, 0.2) is 53.4 Å². The molecule has 2 amide bonds. The van der Waals surface area contributed by atoms with Gasteiger partial charge in [-0.15, -0.1) is 0 Å². The third-order valence-electron chi connectivity index (χ3n) is 6.92. The largest absolute Gasteiger partial charge is 0.336 e. The van der Waals surface area contributed by atoms with Crippen LogP contribution in [0.3, 0.4) is 0 Å². The van der Waals surface area contributed by atoms with Crippen molar-refractivity contribution in [1.29, 1.82) is 5.26 Å². The molecule has 1 heterocycles. The molecular formula is C26H27Cl2N3O4S. The Morgan fingerprint density at radius 2 is 1.75 bits per heavy atom. The molecule has 1 aliphatic carbocycles. The van der Waals surface area contributed by atoms with Gasteiger partial charge < -0.3 is 10.2 Å². The Bertz CT molecular complexity index is 1320. The fourth-order valence-electron chi connectivity index (χ4n) is 4.74. The second-order valence-corrected chi connectivity index (χ2v) is 12.8. The maximum absolute atomic E-state index is 13.9. The average molecular weight is 548 g/mol. The van der Waals surface area contributed by atoms with Crippen LogP contribution in [0.5, 0.6) is 0 Å². The molecule has 0 spiro atoms. The van der Waals surface area contributed by atoms with Gasteiger partial charge >= 0.3 is 0 Å². The number of hydrogen-bond donors (Lipinski definition) is 1. The van der Waals surface area contributed by atoms with Crippen LogP contribution >= 0.6 is 23.2 Å². The fraction of sp³-hybridized carbons (Fsp3) is 0.423. The first-order chi connectivity index (χ1) is 17.0. The van der Waals surface area contributed by atoms with Crippen LogP contribution in [0, 0.1) is 17.2 Å². The summed E-state index contributed by atoms with van der Waals surface area (Å²) < 4.78 is 27.1. The van der Waals surface area contributed by atoms with Crippen molar-refractivity contribution in [2.75, 3.05) is 6.54 Å². The van der Waals surface area contributed by atoms with Crippen molar-refractivity contribution in [3.8, 4) is 6.07 Å². The second-order valence-electron chi connectivity index (χ2n) is 9.80. The topological polar surface area (TPSA) is 107 Å². The minimum absolute atomic E-state index is 0.0288. The van der Waals surface area contributed by atoms with Crippen LogP contribution < -0.4 is 5.32 Å². The second kappa shape index (κ2) is 10.0. The molecule has 2 aromatic carbocycles. The smallest absolute Gasteiger partial charge is 0.244 e. The summed E-state index contributed by atoms with van der Waals surface area (Å²) in [5.74, 6) is -1.59. The molecular weight excluding hydrogens is 521 g/mol. The summed E-state index contributed by atoms with van der Waals surface area (Å²) in [6.45, 7) is 3.64. The minimum atomic E-state index is -3.94. The molecule has 1 unspecified atom stereocenters. The molecule has 10 heteroatoms. The summed E-state index contributed by atoms with van der Waals surface area (Å²) in [5.41, 5.74) is -0.217. The summed E-state index contributed by atoms with van der Waals surface area (Å²) >= 11 is 12.2. The Labute approximate surface area is 221 Å². The molecule has 2 aromatic rings. The predicted molar refractivity (Wildman–Crippen MR) is 137 cm³/mol. The number of nitriles is 1. The highest BCUT2D eigenvalue weighted by Gasteiger charge is 2.51. The standard InChI is InChI=1S/C26H27Cl2N3O4S/c1-16(2)23(17-7-9-18(27)10-8-17)25(33)31-14-19(36(34,35)22-6-4-3-5-20(22)28)13-21(31)24(32)30-26(15-29)11-12-26/h3-10,16,19,21,23H,11-14H2,1-2H3,(H,30,32)/t19-,21+,23?/m1/s1. The van der Waals surface area contributed by atoms with Gasteiger partial charge in [-0.05, 0) is 55.0 Å². The molecule has 2 fully saturated rings. The van der Waals surface area contributed by atoms with Crippen molar-refractivity contribution in [2.45, 2.75) is 60.8 Å². The van der Waals surface area contributed by atoms with Gasteiger partial charge in [0.2, 0.25) is 11.8 Å². The van der Waals surface area contributed by atoms with Gasteiger partial charge in [-0.1, -0.05) is 61.3 Å². The number of sulfone groups is 1. The Balaban J connectivity index is 1.70. The lowest BCUT2D eigenvalue weighted by Gasteiger charge is -2.30. The number of benzene rings is 2. The van der Waals surface area contributed by atoms with E-state index in [1.807, 2.05) is 13.8 Å². The van der Waals surface area contributed by atoms with Gasteiger partial charge in [-0.2, -0.15) is 5.26 Å². The molecule has 1 saturated heterocycles. The Kier molecular flexibility index (Phi) is 7.38. The van der Waals surface area contributed by atoms with Gasteiger partial charge in [0, 0.05) is 11.6 Å². The zero-order valence-electron chi connectivity index (χ0n) is 19.9. The van der Waals surface area contributed by atoms with E-state index < -0.39 is 38.5 Å². The van der Waals surface area contributed by atoms with Crippen molar-refractivity contribution >= 4 is 44.9 Å². The van der Waals surface area contributed by atoms with E-state index in [-0.39, 0.29) is 34.7 Å². The van der Waals surface area contributed by atoms with Gasteiger partial charge in [0.15, 0.2) is 9.84 Å². The number of amides is 2. The monoisotopic (exact) mass is 547 g/mol. The first kappa shape index (κ1) is 26.5. The van der Waals surface area contributed by atoms with Crippen LogP contribution in [0.4, 0.5) is 0 Å². The van der Waals surface area contributed by atoms with Crippen molar-refractivity contribution in [2.24, 2.45) is 5.92 Å². The number of hydrogen-bond acceptors (Lipinski definition) is 5.